The number of likely N-dealkylation sites (tertiary alicyclic amines) is 1. The van der Waals surface area contributed by atoms with Crippen LogP contribution in [0.3, 0.4) is 0 Å². The molecule has 1 N–H and O–H groups in total. The van der Waals surface area contributed by atoms with E-state index < -0.39 is 5.60 Å². The van der Waals surface area contributed by atoms with Gasteiger partial charge in [0.25, 0.3) is 0 Å². The lowest BCUT2D eigenvalue weighted by Crippen LogP contribution is -2.56. The fraction of sp³-hybridized carbons (Fsp3) is 0.923. The van der Waals surface area contributed by atoms with E-state index in [1.807, 2.05) is 6.92 Å². The first-order chi connectivity index (χ1) is 8.07. The highest BCUT2D eigenvalue weighted by Crippen LogP contribution is 2.40. The SMILES string of the molecule is COC(=O)C(C)N1CCC2(O)CCCCC2C1. The maximum atomic E-state index is 11.5. The second kappa shape index (κ2) is 4.94. The molecule has 0 spiro atoms. The van der Waals surface area contributed by atoms with Crippen LogP contribution in [-0.2, 0) is 9.53 Å². The summed E-state index contributed by atoms with van der Waals surface area (Å²) in [6, 6.07) is -0.188. The van der Waals surface area contributed by atoms with Crippen molar-refractivity contribution in [3.05, 3.63) is 0 Å². The first kappa shape index (κ1) is 12.8. The highest BCUT2D eigenvalue weighted by molar-refractivity contribution is 5.75. The molecular weight excluding hydrogens is 218 g/mol. The average Bonchev–Trinajstić information content (AvgIpc) is 2.35. The van der Waals surface area contributed by atoms with Crippen LogP contribution in [0, 0.1) is 5.92 Å². The predicted molar refractivity (Wildman–Crippen MR) is 64.6 cm³/mol. The molecule has 0 aromatic rings. The Labute approximate surface area is 103 Å². The molecule has 1 heterocycles. The van der Waals surface area contributed by atoms with E-state index in [1.54, 1.807) is 0 Å². The molecule has 0 bridgehead atoms. The summed E-state index contributed by atoms with van der Waals surface area (Å²) in [6.07, 6.45) is 5.14. The number of hydrogen-bond acceptors (Lipinski definition) is 4. The molecule has 3 atom stereocenters. The quantitative estimate of drug-likeness (QED) is 0.737. The van der Waals surface area contributed by atoms with Gasteiger partial charge in [0, 0.05) is 19.0 Å². The Bertz CT molecular complexity index is 294. The maximum absolute atomic E-state index is 11.5. The standard InChI is InChI=1S/C13H23NO3/c1-10(12(15)17-2)14-8-7-13(16)6-4-3-5-11(13)9-14/h10-11,16H,3-9H2,1-2H3. The molecule has 4 nitrogen and oxygen atoms in total. The topological polar surface area (TPSA) is 49.8 Å². The molecule has 98 valence electrons. The van der Waals surface area contributed by atoms with Gasteiger partial charge in [0.1, 0.15) is 6.04 Å². The minimum Gasteiger partial charge on any atom is -0.468 e. The summed E-state index contributed by atoms with van der Waals surface area (Å²) >= 11 is 0. The first-order valence-corrected chi connectivity index (χ1v) is 6.61. The minimum atomic E-state index is -0.468. The van der Waals surface area contributed by atoms with Gasteiger partial charge in [0.2, 0.25) is 0 Å². The zero-order chi connectivity index (χ0) is 12.5. The molecule has 1 saturated carbocycles. The number of piperidine rings is 1. The number of nitrogens with zero attached hydrogens (tertiary/aromatic N) is 1. The Morgan fingerprint density at radius 1 is 1.47 bits per heavy atom. The lowest BCUT2D eigenvalue weighted by Gasteiger charge is -2.48. The Morgan fingerprint density at radius 2 is 2.24 bits per heavy atom. The van der Waals surface area contributed by atoms with Crippen LogP contribution in [0.4, 0.5) is 0 Å². The van der Waals surface area contributed by atoms with E-state index in [-0.39, 0.29) is 12.0 Å². The molecule has 3 unspecified atom stereocenters. The largest absolute Gasteiger partial charge is 0.468 e. The van der Waals surface area contributed by atoms with Crippen LogP contribution in [-0.4, -0.2) is 47.8 Å². The van der Waals surface area contributed by atoms with Crippen molar-refractivity contribution < 1.29 is 14.6 Å². The monoisotopic (exact) mass is 241 g/mol. The predicted octanol–water partition coefficient (Wildman–Crippen LogP) is 1.17. The van der Waals surface area contributed by atoms with Crippen LogP contribution >= 0.6 is 0 Å². The van der Waals surface area contributed by atoms with Crippen LogP contribution in [0.15, 0.2) is 0 Å². The zero-order valence-corrected chi connectivity index (χ0v) is 10.8. The van der Waals surface area contributed by atoms with Gasteiger partial charge in [0.05, 0.1) is 12.7 Å². The Morgan fingerprint density at radius 3 is 2.94 bits per heavy atom. The summed E-state index contributed by atoms with van der Waals surface area (Å²) in [7, 11) is 1.43. The number of carbonyl (C=O) groups excluding carboxylic acids is 1. The van der Waals surface area contributed by atoms with Crippen molar-refractivity contribution in [2.24, 2.45) is 5.92 Å². The number of rotatable bonds is 2. The van der Waals surface area contributed by atoms with Crippen LogP contribution in [0.5, 0.6) is 0 Å². The van der Waals surface area contributed by atoms with E-state index in [1.165, 1.54) is 13.5 Å². The number of hydrogen-bond donors (Lipinski definition) is 1. The molecule has 0 aromatic carbocycles. The molecule has 0 radical (unpaired) electrons. The van der Waals surface area contributed by atoms with Gasteiger partial charge in [-0.25, -0.2) is 0 Å². The van der Waals surface area contributed by atoms with Gasteiger partial charge >= 0.3 is 5.97 Å². The lowest BCUT2D eigenvalue weighted by molar-refractivity contribution is -0.151. The molecule has 0 amide bonds. The molecule has 2 fully saturated rings. The van der Waals surface area contributed by atoms with Gasteiger partial charge in [-0.05, 0) is 26.2 Å². The van der Waals surface area contributed by atoms with E-state index in [0.29, 0.717) is 5.92 Å². The van der Waals surface area contributed by atoms with Gasteiger partial charge in [0.15, 0.2) is 0 Å². The second-order valence-electron chi connectivity index (χ2n) is 5.49. The van der Waals surface area contributed by atoms with Gasteiger partial charge in [-0.2, -0.15) is 0 Å². The number of aliphatic hydroxyl groups is 1. The van der Waals surface area contributed by atoms with Gasteiger partial charge in [-0.3, -0.25) is 9.69 Å². The third kappa shape index (κ3) is 2.47. The molecule has 0 aromatic heterocycles. The van der Waals surface area contributed by atoms with Crippen molar-refractivity contribution in [2.45, 2.75) is 50.7 Å². The summed E-state index contributed by atoms with van der Waals surface area (Å²) in [6.45, 7) is 3.51. The normalized spacial score (nSPS) is 36.1. The summed E-state index contributed by atoms with van der Waals surface area (Å²) in [5.41, 5.74) is -0.468. The van der Waals surface area contributed by atoms with E-state index in [2.05, 4.69) is 4.90 Å². The number of esters is 1. The van der Waals surface area contributed by atoms with Gasteiger partial charge < -0.3 is 9.84 Å². The molecule has 1 aliphatic carbocycles. The number of fused-ring (bicyclic) bond motifs is 1. The molecule has 1 aliphatic heterocycles. The zero-order valence-electron chi connectivity index (χ0n) is 10.8. The number of methoxy groups -OCH3 is 1. The summed E-state index contributed by atoms with van der Waals surface area (Å²) in [4.78, 5) is 13.7. The van der Waals surface area contributed by atoms with Crippen LogP contribution in [0.1, 0.15) is 39.0 Å². The van der Waals surface area contributed by atoms with Crippen molar-refractivity contribution in [3.8, 4) is 0 Å². The van der Waals surface area contributed by atoms with Crippen molar-refractivity contribution in [1.29, 1.82) is 0 Å². The molecular formula is C13H23NO3. The number of ether oxygens (including phenoxy) is 1. The highest BCUT2D eigenvalue weighted by Gasteiger charge is 2.44. The van der Waals surface area contributed by atoms with Crippen LogP contribution in [0.2, 0.25) is 0 Å². The Balaban J connectivity index is 1.99. The van der Waals surface area contributed by atoms with Crippen molar-refractivity contribution in [3.63, 3.8) is 0 Å². The van der Waals surface area contributed by atoms with E-state index in [9.17, 15) is 9.90 Å². The number of carbonyl (C=O) groups is 1. The van der Waals surface area contributed by atoms with Crippen molar-refractivity contribution in [2.75, 3.05) is 20.2 Å². The van der Waals surface area contributed by atoms with Crippen LogP contribution < -0.4 is 0 Å². The average molecular weight is 241 g/mol. The van der Waals surface area contributed by atoms with Gasteiger partial charge in [-0.1, -0.05) is 12.8 Å². The summed E-state index contributed by atoms with van der Waals surface area (Å²) in [5.74, 6) is 0.156. The molecule has 17 heavy (non-hydrogen) atoms. The van der Waals surface area contributed by atoms with E-state index in [0.717, 1.165) is 38.8 Å². The highest BCUT2D eigenvalue weighted by atomic mass is 16.5. The summed E-state index contributed by atoms with van der Waals surface area (Å²) < 4.78 is 4.78. The third-order valence-corrected chi connectivity index (χ3v) is 4.55. The molecule has 4 heteroatoms. The van der Waals surface area contributed by atoms with Crippen LogP contribution in [0.25, 0.3) is 0 Å². The minimum absolute atomic E-state index is 0.175. The Kier molecular flexibility index (Phi) is 3.73. The van der Waals surface area contributed by atoms with Gasteiger partial charge in [-0.15, -0.1) is 0 Å². The van der Waals surface area contributed by atoms with Crippen molar-refractivity contribution in [1.82, 2.24) is 4.90 Å². The van der Waals surface area contributed by atoms with E-state index in [4.69, 9.17) is 4.74 Å². The smallest absolute Gasteiger partial charge is 0.322 e. The first-order valence-electron chi connectivity index (χ1n) is 6.61. The fourth-order valence-electron chi connectivity index (χ4n) is 3.27. The molecule has 2 rings (SSSR count). The maximum Gasteiger partial charge on any atom is 0.322 e. The third-order valence-electron chi connectivity index (χ3n) is 4.55. The van der Waals surface area contributed by atoms with E-state index >= 15 is 0 Å². The Hall–Kier alpha value is -0.610. The fourth-order valence-corrected chi connectivity index (χ4v) is 3.27. The molecule has 2 aliphatic rings. The summed E-state index contributed by atoms with van der Waals surface area (Å²) in [5, 5.41) is 10.5. The van der Waals surface area contributed by atoms with Crippen molar-refractivity contribution >= 4 is 5.97 Å². The lowest BCUT2D eigenvalue weighted by atomic mass is 9.71. The molecule has 1 saturated heterocycles. The second-order valence-corrected chi connectivity index (χ2v) is 5.49.